The highest BCUT2D eigenvalue weighted by Gasteiger charge is 2.31. The first-order valence-corrected chi connectivity index (χ1v) is 8.80. The summed E-state index contributed by atoms with van der Waals surface area (Å²) >= 11 is 0. The van der Waals surface area contributed by atoms with Gasteiger partial charge in [0.25, 0.3) is 0 Å². The average Bonchev–Trinajstić information content (AvgIpc) is 2.47. The van der Waals surface area contributed by atoms with E-state index in [1.807, 2.05) is 19.1 Å². The third-order valence-electron chi connectivity index (χ3n) is 4.33. The molecule has 1 aliphatic rings. The van der Waals surface area contributed by atoms with E-state index in [4.69, 9.17) is 0 Å². The molecule has 4 nitrogen and oxygen atoms in total. The standard InChI is InChI=1S/C15H24N2O2S/c1-4-14(3)16-9-11-17(12-10-16)20(18,19)15-7-5-13(2)6-8-15/h5-8,14H,4,9-12H2,1-3H3/p+1/t14-/m1/s1. The van der Waals surface area contributed by atoms with E-state index >= 15 is 0 Å². The van der Waals surface area contributed by atoms with Crippen LogP contribution in [0.1, 0.15) is 25.8 Å². The molecular formula is C15H25N2O2S+. The Bertz CT molecular complexity index is 531. The SMILES string of the molecule is CC[C@@H](C)[NH+]1CCN(S(=O)(=O)c2ccc(C)cc2)CC1. The molecule has 0 unspecified atom stereocenters. The maximum Gasteiger partial charge on any atom is 0.243 e. The number of aryl methyl sites for hydroxylation is 1. The Kier molecular flexibility index (Phi) is 4.83. The lowest BCUT2D eigenvalue weighted by Crippen LogP contribution is -3.17. The van der Waals surface area contributed by atoms with Crippen molar-refractivity contribution in [3.8, 4) is 0 Å². The number of sulfonamides is 1. The van der Waals surface area contributed by atoms with E-state index < -0.39 is 10.0 Å². The van der Waals surface area contributed by atoms with E-state index in [0.29, 0.717) is 24.0 Å². The monoisotopic (exact) mass is 297 g/mol. The van der Waals surface area contributed by atoms with E-state index in [1.54, 1.807) is 16.4 Å². The van der Waals surface area contributed by atoms with Gasteiger partial charge in [-0.15, -0.1) is 0 Å². The molecular weight excluding hydrogens is 272 g/mol. The van der Waals surface area contributed by atoms with Crippen molar-refractivity contribution in [2.24, 2.45) is 0 Å². The van der Waals surface area contributed by atoms with Crippen molar-refractivity contribution in [1.29, 1.82) is 0 Å². The molecule has 0 bridgehead atoms. The number of nitrogens with zero attached hydrogens (tertiary/aromatic N) is 1. The second-order valence-corrected chi connectivity index (χ2v) is 7.62. The summed E-state index contributed by atoms with van der Waals surface area (Å²) in [6.45, 7) is 9.43. The minimum absolute atomic E-state index is 0.412. The fourth-order valence-electron chi connectivity index (χ4n) is 2.65. The number of hydrogen-bond acceptors (Lipinski definition) is 2. The summed E-state index contributed by atoms with van der Waals surface area (Å²) in [7, 11) is -3.31. The number of hydrogen-bond donors (Lipinski definition) is 1. The molecule has 0 spiro atoms. The van der Waals surface area contributed by atoms with Crippen molar-refractivity contribution in [2.45, 2.75) is 38.1 Å². The van der Waals surface area contributed by atoms with E-state index in [0.717, 1.165) is 25.1 Å². The number of piperazine rings is 1. The first kappa shape index (κ1) is 15.5. The Morgan fingerprint density at radius 2 is 1.75 bits per heavy atom. The lowest BCUT2D eigenvalue weighted by atomic mass is 10.2. The van der Waals surface area contributed by atoms with Crippen LogP contribution in [0.5, 0.6) is 0 Å². The van der Waals surface area contributed by atoms with E-state index in [1.165, 1.54) is 4.90 Å². The average molecular weight is 297 g/mol. The second kappa shape index (κ2) is 6.24. The Morgan fingerprint density at radius 3 is 2.25 bits per heavy atom. The molecule has 5 heteroatoms. The third kappa shape index (κ3) is 3.22. The highest BCUT2D eigenvalue weighted by molar-refractivity contribution is 7.89. The Hall–Kier alpha value is -0.910. The van der Waals surface area contributed by atoms with Crippen LogP contribution < -0.4 is 4.90 Å². The molecule has 1 N–H and O–H groups in total. The quantitative estimate of drug-likeness (QED) is 0.888. The summed E-state index contributed by atoms with van der Waals surface area (Å²) in [5.41, 5.74) is 1.08. The fourth-order valence-corrected chi connectivity index (χ4v) is 4.10. The van der Waals surface area contributed by atoms with Crippen molar-refractivity contribution in [3.63, 3.8) is 0 Å². The van der Waals surface area contributed by atoms with E-state index in [-0.39, 0.29) is 0 Å². The highest BCUT2D eigenvalue weighted by Crippen LogP contribution is 2.16. The fraction of sp³-hybridized carbons (Fsp3) is 0.600. The molecule has 1 aromatic carbocycles. The van der Waals surface area contributed by atoms with Gasteiger partial charge in [0.15, 0.2) is 0 Å². The van der Waals surface area contributed by atoms with Crippen LogP contribution in [-0.2, 0) is 10.0 Å². The zero-order valence-corrected chi connectivity index (χ0v) is 13.4. The molecule has 2 rings (SSSR count). The largest absolute Gasteiger partial charge is 0.331 e. The number of benzene rings is 1. The molecule has 1 fully saturated rings. The number of nitrogens with one attached hydrogen (secondary N) is 1. The molecule has 0 amide bonds. The summed E-state index contributed by atoms with van der Waals surface area (Å²) in [6, 6.07) is 7.73. The van der Waals surface area contributed by atoms with Gasteiger partial charge in [0.1, 0.15) is 0 Å². The van der Waals surface area contributed by atoms with Crippen LogP contribution >= 0.6 is 0 Å². The Balaban J connectivity index is 2.07. The first-order valence-electron chi connectivity index (χ1n) is 7.36. The molecule has 112 valence electrons. The van der Waals surface area contributed by atoms with Crippen LogP contribution in [0.25, 0.3) is 0 Å². The summed E-state index contributed by atoms with van der Waals surface area (Å²) < 4.78 is 26.8. The predicted octanol–water partition coefficient (Wildman–Crippen LogP) is 0.683. The van der Waals surface area contributed by atoms with Crippen LogP contribution in [0.15, 0.2) is 29.2 Å². The van der Waals surface area contributed by atoms with Gasteiger partial charge in [-0.25, -0.2) is 8.42 Å². The summed E-state index contributed by atoms with van der Waals surface area (Å²) in [4.78, 5) is 1.93. The molecule has 0 saturated carbocycles. The molecule has 0 radical (unpaired) electrons. The Labute approximate surface area is 122 Å². The molecule has 1 heterocycles. The molecule has 1 atom stereocenters. The summed E-state index contributed by atoms with van der Waals surface area (Å²) in [6.07, 6.45) is 1.14. The van der Waals surface area contributed by atoms with Crippen molar-refractivity contribution in [3.05, 3.63) is 29.8 Å². The zero-order valence-electron chi connectivity index (χ0n) is 12.6. The molecule has 1 saturated heterocycles. The molecule has 1 aromatic rings. The van der Waals surface area contributed by atoms with Crippen molar-refractivity contribution < 1.29 is 13.3 Å². The topological polar surface area (TPSA) is 41.8 Å². The third-order valence-corrected chi connectivity index (χ3v) is 6.25. The number of quaternary nitrogens is 1. The first-order chi connectivity index (χ1) is 9.45. The van der Waals surface area contributed by atoms with Gasteiger partial charge in [0.2, 0.25) is 10.0 Å². The van der Waals surface area contributed by atoms with E-state index in [9.17, 15) is 8.42 Å². The van der Waals surface area contributed by atoms with Gasteiger partial charge in [-0.2, -0.15) is 4.31 Å². The van der Waals surface area contributed by atoms with Crippen molar-refractivity contribution >= 4 is 10.0 Å². The smallest absolute Gasteiger partial charge is 0.243 e. The molecule has 0 aromatic heterocycles. The van der Waals surface area contributed by atoms with Gasteiger partial charge in [0.05, 0.1) is 37.1 Å². The minimum Gasteiger partial charge on any atom is -0.331 e. The summed E-state index contributed by atoms with van der Waals surface area (Å²) in [5, 5.41) is 0. The number of rotatable bonds is 4. The highest BCUT2D eigenvalue weighted by atomic mass is 32.2. The maximum absolute atomic E-state index is 12.6. The van der Waals surface area contributed by atoms with Crippen molar-refractivity contribution in [1.82, 2.24) is 4.31 Å². The lowest BCUT2D eigenvalue weighted by Gasteiger charge is -2.34. The van der Waals surface area contributed by atoms with Gasteiger partial charge in [-0.05, 0) is 32.4 Å². The molecule has 1 aliphatic heterocycles. The predicted molar refractivity (Wildman–Crippen MR) is 80.4 cm³/mol. The normalized spacial score (nSPS) is 19.9. The molecule has 0 aliphatic carbocycles. The van der Waals surface area contributed by atoms with Crippen LogP contribution in [0.4, 0.5) is 0 Å². The van der Waals surface area contributed by atoms with Crippen LogP contribution in [0, 0.1) is 6.92 Å². The molecule has 20 heavy (non-hydrogen) atoms. The van der Waals surface area contributed by atoms with Gasteiger partial charge < -0.3 is 4.90 Å². The van der Waals surface area contributed by atoms with Crippen LogP contribution in [-0.4, -0.2) is 44.9 Å². The van der Waals surface area contributed by atoms with Gasteiger partial charge in [-0.3, -0.25) is 0 Å². The van der Waals surface area contributed by atoms with Gasteiger partial charge in [-0.1, -0.05) is 24.6 Å². The maximum atomic E-state index is 12.6. The van der Waals surface area contributed by atoms with Gasteiger partial charge >= 0.3 is 0 Å². The van der Waals surface area contributed by atoms with Crippen LogP contribution in [0.3, 0.4) is 0 Å². The van der Waals surface area contributed by atoms with Crippen LogP contribution in [0.2, 0.25) is 0 Å². The second-order valence-electron chi connectivity index (χ2n) is 5.68. The van der Waals surface area contributed by atoms with Gasteiger partial charge in [0, 0.05) is 0 Å². The zero-order chi connectivity index (χ0) is 14.8. The minimum atomic E-state index is -3.31. The van der Waals surface area contributed by atoms with E-state index in [2.05, 4.69) is 13.8 Å². The van der Waals surface area contributed by atoms with Crippen molar-refractivity contribution in [2.75, 3.05) is 26.2 Å². The summed E-state index contributed by atoms with van der Waals surface area (Å²) in [5.74, 6) is 0. The Morgan fingerprint density at radius 1 is 1.20 bits per heavy atom. The lowest BCUT2D eigenvalue weighted by molar-refractivity contribution is -0.927.